The zero-order valence-electron chi connectivity index (χ0n) is 10.5. The number of anilines is 1. The lowest BCUT2D eigenvalue weighted by atomic mass is 10.1. The van der Waals surface area contributed by atoms with E-state index >= 15 is 0 Å². The molecule has 5 heteroatoms. The Morgan fingerprint density at radius 2 is 2.24 bits per heavy atom. The van der Waals surface area contributed by atoms with E-state index in [9.17, 15) is 0 Å². The number of rotatable bonds is 4. The number of hydrogen-bond acceptors (Lipinski definition) is 4. The van der Waals surface area contributed by atoms with Crippen LogP contribution in [-0.4, -0.2) is 27.2 Å². The summed E-state index contributed by atoms with van der Waals surface area (Å²) in [7, 11) is 0. The van der Waals surface area contributed by atoms with Crippen LogP contribution in [0.3, 0.4) is 0 Å². The second-order valence-corrected chi connectivity index (χ2v) is 4.68. The van der Waals surface area contributed by atoms with E-state index in [1.807, 2.05) is 25.3 Å². The average molecular weight is 233 g/mol. The summed E-state index contributed by atoms with van der Waals surface area (Å²) in [5.74, 6) is 1.08. The van der Waals surface area contributed by atoms with Gasteiger partial charge in [-0.1, -0.05) is 19.9 Å². The van der Waals surface area contributed by atoms with Crippen molar-refractivity contribution in [2.45, 2.75) is 26.8 Å². The number of nitrogens with two attached hydrogens (primary N) is 1. The third-order valence-corrected chi connectivity index (χ3v) is 2.91. The molecule has 3 N–H and O–H groups in total. The zero-order valence-corrected chi connectivity index (χ0v) is 10.5. The molecule has 0 aromatic carbocycles. The lowest BCUT2D eigenvalue weighted by Gasteiger charge is -2.14. The molecule has 0 amide bonds. The molecule has 0 aliphatic heterocycles. The minimum absolute atomic E-state index is 0.114. The third kappa shape index (κ3) is 2.55. The molecule has 17 heavy (non-hydrogen) atoms. The van der Waals surface area contributed by atoms with E-state index in [2.05, 4.69) is 29.2 Å². The van der Waals surface area contributed by atoms with Gasteiger partial charge in [-0.2, -0.15) is 4.98 Å². The van der Waals surface area contributed by atoms with Gasteiger partial charge in [-0.25, -0.2) is 4.52 Å². The van der Waals surface area contributed by atoms with Gasteiger partial charge in [0.05, 0.1) is 0 Å². The lowest BCUT2D eigenvalue weighted by molar-refractivity contribution is 0.510. The van der Waals surface area contributed by atoms with Crippen molar-refractivity contribution in [2.75, 3.05) is 11.9 Å². The zero-order chi connectivity index (χ0) is 12.4. The molecule has 2 aromatic rings. The van der Waals surface area contributed by atoms with E-state index < -0.39 is 0 Å². The molecular weight excluding hydrogens is 214 g/mol. The average Bonchev–Trinajstić information content (AvgIpc) is 2.70. The molecule has 1 atom stereocenters. The molecule has 92 valence electrons. The number of pyridine rings is 1. The molecule has 5 nitrogen and oxygen atoms in total. The number of nitrogens with zero attached hydrogens (tertiary/aromatic N) is 3. The van der Waals surface area contributed by atoms with Crippen LogP contribution in [0.1, 0.15) is 19.4 Å². The van der Waals surface area contributed by atoms with Crippen LogP contribution in [0.2, 0.25) is 0 Å². The molecule has 0 radical (unpaired) electrons. The van der Waals surface area contributed by atoms with Crippen LogP contribution in [0.5, 0.6) is 0 Å². The third-order valence-electron chi connectivity index (χ3n) is 2.91. The van der Waals surface area contributed by atoms with Crippen molar-refractivity contribution in [2.24, 2.45) is 11.7 Å². The van der Waals surface area contributed by atoms with Gasteiger partial charge in [0.1, 0.15) is 0 Å². The highest BCUT2D eigenvalue weighted by atomic mass is 15.3. The van der Waals surface area contributed by atoms with Crippen molar-refractivity contribution in [3.63, 3.8) is 0 Å². The van der Waals surface area contributed by atoms with Gasteiger partial charge in [0.15, 0.2) is 5.65 Å². The molecule has 0 saturated heterocycles. The molecule has 2 aromatic heterocycles. The van der Waals surface area contributed by atoms with Gasteiger partial charge in [-0.15, -0.1) is 5.10 Å². The van der Waals surface area contributed by atoms with Gasteiger partial charge in [-0.05, 0) is 24.5 Å². The van der Waals surface area contributed by atoms with Crippen LogP contribution < -0.4 is 11.1 Å². The summed E-state index contributed by atoms with van der Waals surface area (Å²) in [4.78, 5) is 4.43. The van der Waals surface area contributed by atoms with Crippen molar-refractivity contribution in [1.82, 2.24) is 14.6 Å². The van der Waals surface area contributed by atoms with Gasteiger partial charge in [0.25, 0.3) is 0 Å². The molecule has 1 unspecified atom stereocenters. The number of nitrogens with one attached hydrogen (secondary N) is 1. The second kappa shape index (κ2) is 4.71. The molecule has 0 aliphatic carbocycles. The summed E-state index contributed by atoms with van der Waals surface area (Å²) in [6.45, 7) is 6.92. The van der Waals surface area contributed by atoms with E-state index in [0.29, 0.717) is 18.4 Å². The first-order chi connectivity index (χ1) is 8.08. The van der Waals surface area contributed by atoms with Gasteiger partial charge < -0.3 is 11.1 Å². The van der Waals surface area contributed by atoms with Crippen molar-refractivity contribution < 1.29 is 0 Å². The number of aromatic nitrogens is 3. The Hall–Kier alpha value is -1.62. The fraction of sp³-hybridized carbons (Fsp3) is 0.500. The van der Waals surface area contributed by atoms with Gasteiger partial charge in [0.2, 0.25) is 5.95 Å². The first kappa shape index (κ1) is 11.9. The smallest absolute Gasteiger partial charge is 0.243 e. The summed E-state index contributed by atoms with van der Waals surface area (Å²) < 4.78 is 1.78. The maximum atomic E-state index is 5.96. The Bertz CT molecular complexity index is 503. The van der Waals surface area contributed by atoms with Crippen LogP contribution in [-0.2, 0) is 0 Å². The Balaban J connectivity index is 2.12. The fourth-order valence-corrected chi connectivity index (χ4v) is 1.56. The number of fused-ring (bicyclic) bond motifs is 1. The minimum atomic E-state index is 0.114. The largest absolute Gasteiger partial charge is 0.351 e. The Morgan fingerprint density at radius 1 is 1.47 bits per heavy atom. The Kier molecular flexibility index (Phi) is 3.28. The van der Waals surface area contributed by atoms with E-state index in [4.69, 9.17) is 5.73 Å². The molecule has 0 saturated carbocycles. The van der Waals surface area contributed by atoms with E-state index in [1.165, 1.54) is 0 Å². The predicted octanol–water partition coefficient (Wildman–Crippen LogP) is 1.43. The Morgan fingerprint density at radius 3 is 2.88 bits per heavy atom. The molecule has 2 heterocycles. The first-order valence-corrected chi connectivity index (χ1v) is 5.89. The summed E-state index contributed by atoms with van der Waals surface area (Å²) >= 11 is 0. The lowest BCUT2D eigenvalue weighted by Crippen LogP contribution is -2.34. The van der Waals surface area contributed by atoms with E-state index in [0.717, 1.165) is 11.2 Å². The number of aryl methyl sites for hydroxylation is 1. The molecule has 0 bridgehead atoms. The molecular formula is C12H19N5. The monoisotopic (exact) mass is 233 g/mol. The standard InChI is InChI=1S/C12H19N5/c1-8(2)10(13)7-14-12-15-11-9(3)5-4-6-17(11)16-12/h4-6,8,10H,7,13H2,1-3H3,(H,14,16). The van der Waals surface area contributed by atoms with Crippen molar-refractivity contribution in [3.8, 4) is 0 Å². The first-order valence-electron chi connectivity index (χ1n) is 5.89. The predicted molar refractivity (Wildman–Crippen MR) is 69.0 cm³/mol. The van der Waals surface area contributed by atoms with Gasteiger partial charge in [-0.3, -0.25) is 0 Å². The van der Waals surface area contributed by atoms with E-state index in [-0.39, 0.29) is 6.04 Å². The highest BCUT2D eigenvalue weighted by molar-refractivity contribution is 5.49. The van der Waals surface area contributed by atoms with Crippen LogP contribution >= 0.6 is 0 Å². The maximum absolute atomic E-state index is 5.96. The van der Waals surface area contributed by atoms with Crippen LogP contribution in [0, 0.1) is 12.8 Å². The summed E-state index contributed by atoms with van der Waals surface area (Å²) in [5, 5.41) is 7.52. The minimum Gasteiger partial charge on any atom is -0.351 e. The topological polar surface area (TPSA) is 68.2 Å². The quantitative estimate of drug-likeness (QED) is 0.838. The van der Waals surface area contributed by atoms with Crippen LogP contribution in [0.4, 0.5) is 5.95 Å². The van der Waals surface area contributed by atoms with Crippen molar-refractivity contribution in [3.05, 3.63) is 23.9 Å². The molecule has 0 aliphatic rings. The van der Waals surface area contributed by atoms with E-state index in [1.54, 1.807) is 4.52 Å². The summed E-state index contributed by atoms with van der Waals surface area (Å²) in [6.07, 6.45) is 1.89. The number of hydrogen-bond donors (Lipinski definition) is 2. The second-order valence-electron chi connectivity index (χ2n) is 4.68. The summed E-state index contributed by atoms with van der Waals surface area (Å²) in [5.41, 5.74) is 7.96. The highest BCUT2D eigenvalue weighted by Crippen LogP contribution is 2.10. The highest BCUT2D eigenvalue weighted by Gasteiger charge is 2.09. The molecule has 0 spiro atoms. The van der Waals surface area contributed by atoms with Crippen LogP contribution in [0.25, 0.3) is 5.65 Å². The molecule has 0 fully saturated rings. The van der Waals surface area contributed by atoms with Crippen LogP contribution in [0.15, 0.2) is 18.3 Å². The SMILES string of the molecule is Cc1cccn2nc(NCC(N)C(C)C)nc12. The van der Waals surface area contributed by atoms with Gasteiger partial charge >= 0.3 is 0 Å². The van der Waals surface area contributed by atoms with Crippen molar-refractivity contribution in [1.29, 1.82) is 0 Å². The summed E-state index contributed by atoms with van der Waals surface area (Å²) in [6, 6.07) is 4.09. The Labute approximate surface area is 101 Å². The molecule has 2 rings (SSSR count). The van der Waals surface area contributed by atoms with Crippen molar-refractivity contribution >= 4 is 11.6 Å². The van der Waals surface area contributed by atoms with Gasteiger partial charge in [0, 0.05) is 18.8 Å². The normalized spacial score (nSPS) is 13.2. The maximum Gasteiger partial charge on any atom is 0.243 e. The fourth-order valence-electron chi connectivity index (χ4n) is 1.56.